The fraction of sp³-hybridized carbons (Fsp3) is 0.316. The van der Waals surface area contributed by atoms with E-state index in [4.69, 9.17) is 14.5 Å². The molecule has 1 N–H and O–H groups in total. The van der Waals surface area contributed by atoms with Gasteiger partial charge in [0.1, 0.15) is 12.1 Å². The van der Waals surface area contributed by atoms with Gasteiger partial charge in [-0.2, -0.15) is 0 Å². The van der Waals surface area contributed by atoms with Crippen molar-refractivity contribution in [3.8, 4) is 0 Å². The molecule has 1 atom stereocenters. The Morgan fingerprint density at radius 2 is 2.15 bits per heavy atom. The lowest BCUT2D eigenvalue weighted by atomic mass is 10.2. The number of carboxylic acids is 1. The lowest BCUT2D eigenvalue weighted by Gasteiger charge is -2.24. The van der Waals surface area contributed by atoms with Crippen LogP contribution in [0.15, 0.2) is 41.0 Å². The number of benzene rings is 1. The third-order valence-electron chi connectivity index (χ3n) is 4.87. The second-order valence-corrected chi connectivity index (χ2v) is 6.36. The van der Waals surface area contributed by atoms with Gasteiger partial charge < -0.3 is 19.0 Å². The molecule has 2 aromatic heterocycles. The minimum absolute atomic E-state index is 0.0232. The molecule has 1 aromatic carbocycles. The Morgan fingerprint density at radius 3 is 2.88 bits per heavy atom. The quantitative estimate of drug-likeness (QED) is 0.777. The molecule has 3 heterocycles. The van der Waals surface area contributed by atoms with Crippen molar-refractivity contribution in [1.29, 1.82) is 0 Å². The van der Waals surface area contributed by atoms with Crippen molar-refractivity contribution in [2.24, 2.45) is 0 Å². The van der Waals surface area contributed by atoms with Gasteiger partial charge in [0.2, 0.25) is 0 Å². The van der Waals surface area contributed by atoms with Gasteiger partial charge in [0.15, 0.2) is 5.76 Å². The van der Waals surface area contributed by atoms with E-state index in [-0.39, 0.29) is 23.3 Å². The van der Waals surface area contributed by atoms with Crippen LogP contribution in [0.2, 0.25) is 0 Å². The molecule has 1 unspecified atom stereocenters. The Bertz CT molecular complexity index is 988. The SMILES string of the molecule is CCn1c(C2CCCN2C(=O)c2cc(C(=O)O)co2)nc2ccccc21. The molecular weight excluding hydrogens is 334 g/mol. The summed E-state index contributed by atoms with van der Waals surface area (Å²) in [5, 5.41) is 9.03. The number of imidazole rings is 1. The largest absolute Gasteiger partial charge is 0.478 e. The van der Waals surface area contributed by atoms with Gasteiger partial charge in [-0.3, -0.25) is 4.79 Å². The number of para-hydroxylation sites is 2. The summed E-state index contributed by atoms with van der Waals surface area (Å²) in [4.78, 5) is 30.4. The van der Waals surface area contributed by atoms with Gasteiger partial charge in [-0.15, -0.1) is 0 Å². The first kappa shape index (κ1) is 16.4. The van der Waals surface area contributed by atoms with Crippen LogP contribution in [0.25, 0.3) is 11.0 Å². The Kier molecular flexibility index (Phi) is 3.99. The lowest BCUT2D eigenvalue weighted by molar-refractivity contribution is 0.0687. The van der Waals surface area contributed by atoms with E-state index in [1.54, 1.807) is 4.90 Å². The molecule has 3 aromatic rings. The number of nitrogens with zero attached hydrogens (tertiary/aromatic N) is 3. The number of rotatable bonds is 4. The second-order valence-electron chi connectivity index (χ2n) is 6.36. The highest BCUT2D eigenvalue weighted by molar-refractivity contribution is 5.95. The number of furan rings is 1. The highest BCUT2D eigenvalue weighted by Gasteiger charge is 2.35. The van der Waals surface area contributed by atoms with Crippen LogP contribution in [0, 0.1) is 0 Å². The Balaban J connectivity index is 1.70. The zero-order valence-corrected chi connectivity index (χ0v) is 14.4. The molecule has 134 valence electrons. The number of aryl methyl sites for hydroxylation is 1. The monoisotopic (exact) mass is 353 g/mol. The summed E-state index contributed by atoms with van der Waals surface area (Å²) < 4.78 is 7.34. The van der Waals surface area contributed by atoms with Crippen molar-refractivity contribution in [2.75, 3.05) is 6.54 Å². The molecular formula is C19H19N3O4. The molecule has 0 radical (unpaired) electrons. The van der Waals surface area contributed by atoms with E-state index in [1.807, 2.05) is 24.3 Å². The van der Waals surface area contributed by atoms with Gasteiger partial charge >= 0.3 is 5.97 Å². The molecule has 0 bridgehead atoms. The number of likely N-dealkylation sites (tertiary alicyclic amines) is 1. The summed E-state index contributed by atoms with van der Waals surface area (Å²) in [6.07, 6.45) is 2.79. The van der Waals surface area contributed by atoms with Crippen molar-refractivity contribution in [1.82, 2.24) is 14.5 Å². The van der Waals surface area contributed by atoms with Crippen LogP contribution in [0.1, 0.15) is 52.5 Å². The molecule has 7 heteroatoms. The fourth-order valence-electron chi connectivity index (χ4n) is 3.66. The topological polar surface area (TPSA) is 88.6 Å². The van der Waals surface area contributed by atoms with E-state index in [2.05, 4.69) is 11.5 Å². The zero-order valence-electron chi connectivity index (χ0n) is 14.4. The van der Waals surface area contributed by atoms with Gasteiger partial charge in [-0.1, -0.05) is 12.1 Å². The van der Waals surface area contributed by atoms with Crippen LogP contribution in [-0.4, -0.2) is 38.0 Å². The van der Waals surface area contributed by atoms with E-state index < -0.39 is 5.97 Å². The zero-order chi connectivity index (χ0) is 18.3. The van der Waals surface area contributed by atoms with Crippen molar-refractivity contribution in [3.05, 3.63) is 53.7 Å². The van der Waals surface area contributed by atoms with Crippen LogP contribution in [0.4, 0.5) is 0 Å². The van der Waals surface area contributed by atoms with Crippen LogP contribution in [0.5, 0.6) is 0 Å². The van der Waals surface area contributed by atoms with Crippen molar-refractivity contribution in [2.45, 2.75) is 32.4 Å². The number of hydrogen-bond donors (Lipinski definition) is 1. The van der Waals surface area contributed by atoms with Crippen molar-refractivity contribution < 1.29 is 19.1 Å². The lowest BCUT2D eigenvalue weighted by Crippen LogP contribution is -2.31. The number of carbonyl (C=O) groups excluding carboxylic acids is 1. The molecule has 1 aliphatic heterocycles. The van der Waals surface area contributed by atoms with Crippen molar-refractivity contribution >= 4 is 22.9 Å². The predicted octanol–water partition coefficient (Wildman–Crippen LogP) is 3.32. The smallest absolute Gasteiger partial charge is 0.338 e. The number of fused-ring (bicyclic) bond motifs is 1. The van der Waals surface area contributed by atoms with E-state index in [0.717, 1.165) is 42.5 Å². The Hall–Kier alpha value is -3.09. The van der Waals surface area contributed by atoms with Crippen LogP contribution >= 0.6 is 0 Å². The van der Waals surface area contributed by atoms with Gasteiger partial charge in [0, 0.05) is 19.2 Å². The number of aromatic carboxylic acids is 1. The number of carbonyl (C=O) groups is 2. The number of amides is 1. The highest BCUT2D eigenvalue weighted by atomic mass is 16.4. The average molecular weight is 353 g/mol. The normalized spacial score (nSPS) is 17.1. The summed E-state index contributed by atoms with van der Waals surface area (Å²) in [5.41, 5.74) is 1.94. The van der Waals surface area contributed by atoms with Gasteiger partial charge in [0.25, 0.3) is 5.91 Å². The summed E-state index contributed by atoms with van der Waals surface area (Å²) >= 11 is 0. The minimum atomic E-state index is -1.11. The molecule has 1 saturated heterocycles. The molecule has 1 amide bonds. The number of carboxylic acid groups (broad SMARTS) is 1. The summed E-state index contributed by atoms with van der Waals surface area (Å²) in [7, 11) is 0. The summed E-state index contributed by atoms with van der Waals surface area (Å²) in [6.45, 7) is 3.42. The van der Waals surface area contributed by atoms with Gasteiger partial charge in [-0.25, -0.2) is 9.78 Å². The maximum Gasteiger partial charge on any atom is 0.338 e. The van der Waals surface area contributed by atoms with Gasteiger partial charge in [-0.05, 0) is 31.9 Å². The minimum Gasteiger partial charge on any atom is -0.478 e. The molecule has 0 spiro atoms. The van der Waals surface area contributed by atoms with E-state index in [1.165, 1.54) is 6.07 Å². The van der Waals surface area contributed by atoms with E-state index >= 15 is 0 Å². The van der Waals surface area contributed by atoms with E-state index in [0.29, 0.717) is 6.54 Å². The first-order valence-corrected chi connectivity index (χ1v) is 8.68. The van der Waals surface area contributed by atoms with Gasteiger partial charge in [0.05, 0.1) is 22.6 Å². The molecule has 26 heavy (non-hydrogen) atoms. The Labute approximate surface area is 149 Å². The fourth-order valence-corrected chi connectivity index (χ4v) is 3.66. The van der Waals surface area contributed by atoms with Crippen LogP contribution in [-0.2, 0) is 6.54 Å². The Morgan fingerprint density at radius 1 is 1.35 bits per heavy atom. The number of hydrogen-bond acceptors (Lipinski definition) is 4. The third-order valence-corrected chi connectivity index (χ3v) is 4.87. The molecule has 4 rings (SSSR count). The maximum absolute atomic E-state index is 12.9. The van der Waals surface area contributed by atoms with Crippen molar-refractivity contribution in [3.63, 3.8) is 0 Å². The first-order chi connectivity index (χ1) is 12.6. The molecule has 1 fully saturated rings. The molecule has 1 aliphatic rings. The highest BCUT2D eigenvalue weighted by Crippen LogP contribution is 2.34. The van der Waals surface area contributed by atoms with E-state index in [9.17, 15) is 9.59 Å². The van der Waals surface area contributed by atoms with Crippen LogP contribution < -0.4 is 0 Å². The standard InChI is InChI=1S/C19H19N3O4/c1-2-21-14-7-4-3-6-13(14)20-17(21)15-8-5-9-22(15)18(23)16-10-12(11-26-16)19(24)25/h3-4,6-7,10-11,15H,2,5,8-9H2,1H3,(H,24,25). The molecule has 0 aliphatic carbocycles. The summed E-state index contributed by atoms with van der Waals surface area (Å²) in [5.74, 6) is -0.494. The first-order valence-electron chi connectivity index (χ1n) is 8.68. The van der Waals surface area contributed by atoms with Crippen LogP contribution in [0.3, 0.4) is 0 Å². The third kappa shape index (κ3) is 2.56. The predicted molar refractivity (Wildman–Crippen MR) is 94.1 cm³/mol. The molecule has 0 saturated carbocycles. The average Bonchev–Trinajstić information content (AvgIpc) is 3.37. The second kappa shape index (κ2) is 6.33. The molecule has 7 nitrogen and oxygen atoms in total. The number of aromatic nitrogens is 2. The summed E-state index contributed by atoms with van der Waals surface area (Å²) in [6, 6.07) is 9.07. The maximum atomic E-state index is 12.9.